The van der Waals surface area contributed by atoms with E-state index in [9.17, 15) is 0 Å². The fourth-order valence-electron chi connectivity index (χ4n) is 2.31. The lowest BCUT2D eigenvalue weighted by Gasteiger charge is -2.21. The molecule has 0 aromatic heterocycles. The highest BCUT2D eigenvalue weighted by molar-refractivity contribution is 5.32. The van der Waals surface area contributed by atoms with Gasteiger partial charge in [0.05, 0.1) is 0 Å². The number of nitrogens with one attached hydrogen (secondary N) is 1. The first-order valence-corrected chi connectivity index (χ1v) is 6.58. The van der Waals surface area contributed by atoms with Crippen LogP contribution in [0.25, 0.3) is 0 Å². The molecule has 0 radical (unpaired) electrons. The third kappa shape index (κ3) is 3.21. The van der Waals surface area contributed by atoms with Gasteiger partial charge in [0.1, 0.15) is 0 Å². The maximum atomic E-state index is 3.33. The molecule has 2 aromatic rings. The Hall–Kier alpha value is -1.60. The summed E-state index contributed by atoms with van der Waals surface area (Å²) in [5.74, 6) is 0.467. The first kappa shape index (κ1) is 12.8. The summed E-state index contributed by atoms with van der Waals surface area (Å²) >= 11 is 0. The van der Waals surface area contributed by atoms with Crippen LogP contribution in [0.15, 0.2) is 60.7 Å². The summed E-state index contributed by atoms with van der Waals surface area (Å²) in [5.41, 5.74) is 2.79. The fraction of sp³-hybridized carbons (Fsp3) is 0.294. The summed E-state index contributed by atoms with van der Waals surface area (Å²) in [7, 11) is 2.03. The van der Waals surface area contributed by atoms with Crippen molar-refractivity contribution in [1.29, 1.82) is 0 Å². The molecule has 1 heteroatoms. The van der Waals surface area contributed by atoms with Crippen molar-refractivity contribution in [3.05, 3.63) is 71.8 Å². The summed E-state index contributed by atoms with van der Waals surface area (Å²) in [6.07, 6.45) is 1.12. The lowest BCUT2D eigenvalue weighted by atomic mass is 9.86. The van der Waals surface area contributed by atoms with E-state index in [1.54, 1.807) is 0 Å². The first-order chi connectivity index (χ1) is 8.81. The van der Waals surface area contributed by atoms with Gasteiger partial charge in [-0.2, -0.15) is 0 Å². The van der Waals surface area contributed by atoms with E-state index >= 15 is 0 Å². The average Bonchev–Trinajstić information content (AvgIpc) is 2.46. The molecule has 1 N–H and O–H groups in total. The van der Waals surface area contributed by atoms with Crippen molar-refractivity contribution < 1.29 is 0 Å². The van der Waals surface area contributed by atoms with Gasteiger partial charge in [-0.05, 0) is 31.5 Å². The van der Waals surface area contributed by atoms with E-state index in [4.69, 9.17) is 0 Å². The Labute approximate surface area is 110 Å². The van der Waals surface area contributed by atoms with E-state index in [1.165, 1.54) is 11.1 Å². The number of hydrogen-bond donors (Lipinski definition) is 1. The van der Waals surface area contributed by atoms with Crippen molar-refractivity contribution in [2.24, 2.45) is 0 Å². The molecule has 0 aliphatic carbocycles. The van der Waals surface area contributed by atoms with Crippen LogP contribution in [0.2, 0.25) is 0 Å². The van der Waals surface area contributed by atoms with Crippen LogP contribution in [0, 0.1) is 0 Å². The Balaban J connectivity index is 2.29. The van der Waals surface area contributed by atoms with Gasteiger partial charge in [0.25, 0.3) is 0 Å². The minimum atomic E-state index is 0.467. The predicted octanol–water partition coefficient (Wildman–Crippen LogP) is 3.82. The molecule has 1 nitrogen and oxygen atoms in total. The van der Waals surface area contributed by atoms with Crippen molar-refractivity contribution in [2.75, 3.05) is 7.05 Å². The third-order valence-corrected chi connectivity index (χ3v) is 3.49. The maximum Gasteiger partial charge on any atom is 0.0104 e. The smallest absolute Gasteiger partial charge is 0.0104 e. The molecule has 0 amide bonds. The fourth-order valence-corrected chi connectivity index (χ4v) is 2.31. The van der Waals surface area contributed by atoms with Gasteiger partial charge in [0, 0.05) is 12.0 Å². The molecule has 0 aliphatic rings. The summed E-state index contributed by atoms with van der Waals surface area (Å²) in [5, 5.41) is 3.33. The zero-order valence-corrected chi connectivity index (χ0v) is 11.1. The second-order valence-corrected chi connectivity index (χ2v) is 4.80. The number of benzene rings is 2. The van der Waals surface area contributed by atoms with Crippen LogP contribution in [0.4, 0.5) is 0 Å². The molecule has 0 aliphatic heterocycles. The van der Waals surface area contributed by atoms with Gasteiger partial charge >= 0.3 is 0 Å². The van der Waals surface area contributed by atoms with E-state index in [0.29, 0.717) is 12.0 Å². The van der Waals surface area contributed by atoms with Crippen LogP contribution in [-0.2, 0) is 0 Å². The Bertz CT molecular complexity index is 410. The van der Waals surface area contributed by atoms with Crippen LogP contribution < -0.4 is 5.32 Å². The topological polar surface area (TPSA) is 12.0 Å². The molecule has 94 valence electrons. The minimum Gasteiger partial charge on any atom is -0.317 e. The van der Waals surface area contributed by atoms with Crippen molar-refractivity contribution in [3.8, 4) is 0 Å². The Morgan fingerprint density at radius 3 is 1.67 bits per heavy atom. The van der Waals surface area contributed by atoms with Crippen LogP contribution in [0.5, 0.6) is 0 Å². The van der Waals surface area contributed by atoms with Gasteiger partial charge in [0.15, 0.2) is 0 Å². The lowest BCUT2D eigenvalue weighted by molar-refractivity contribution is 0.530. The summed E-state index contributed by atoms with van der Waals surface area (Å²) in [6.45, 7) is 2.24. The van der Waals surface area contributed by atoms with E-state index in [0.717, 1.165) is 6.42 Å². The van der Waals surface area contributed by atoms with E-state index < -0.39 is 0 Å². The molecule has 1 atom stereocenters. The molecule has 18 heavy (non-hydrogen) atoms. The predicted molar refractivity (Wildman–Crippen MR) is 77.9 cm³/mol. The molecule has 0 saturated carbocycles. The molecule has 0 bridgehead atoms. The molecule has 0 unspecified atom stereocenters. The second kappa shape index (κ2) is 6.36. The summed E-state index contributed by atoms with van der Waals surface area (Å²) in [4.78, 5) is 0. The van der Waals surface area contributed by atoms with E-state index in [1.807, 2.05) is 7.05 Å². The summed E-state index contributed by atoms with van der Waals surface area (Å²) < 4.78 is 0. The van der Waals surface area contributed by atoms with E-state index in [-0.39, 0.29) is 0 Å². The zero-order valence-electron chi connectivity index (χ0n) is 11.1. The second-order valence-electron chi connectivity index (χ2n) is 4.80. The third-order valence-electron chi connectivity index (χ3n) is 3.49. The van der Waals surface area contributed by atoms with Gasteiger partial charge < -0.3 is 5.32 Å². The normalized spacial score (nSPS) is 12.6. The molecule has 0 spiro atoms. The quantitative estimate of drug-likeness (QED) is 0.836. The van der Waals surface area contributed by atoms with Gasteiger partial charge in [-0.25, -0.2) is 0 Å². The Morgan fingerprint density at radius 2 is 1.28 bits per heavy atom. The van der Waals surface area contributed by atoms with Crippen molar-refractivity contribution >= 4 is 0 Å². The highest BCUT2D eigenvalue weighted by atomic mass is 14.8. The summed E-state index contributed by atoms with van der Waals surface area (Å²) in [6, 6.07) is 22.0. The van der Waals surface area contributed by atoms with Crippen molar-refractivity contribution in [1.82, 2.24) is 5.32 Å². The van der Waals surface area contributed by atoms with Crippen molar-refractivity contribution in [2.45, 2.75) is 25.3 Å². The standard InChI is InChI=1S/C17H21N/c1-14(18-2)13-17(15-9-5-3-6-10-15)16-11-7-4-8-12-16/h3-12,14,17-18H,13H2,1-2H3/t14-/m1/s1. The van der Waals surface area contributed by atoms with Crippen molar-refractivity contribution in [3.63, 3.8) is 0 Å². The molecule has 0 fully saturated rings. The SMILES string of the molecule is CN[C@H](C)CC(c1ccccc1)c1ccccc1. The Morgan fingerprint density at radius 1 is 0.833 bits per heavy atom. The van der Waals surface area contributed by atoms with E-state index in [2.05, 4.69) is 72.9 Å². The molecular weight excluding hydrogens is 218 g/mol. The molecule has 0 saturated heterocycles. The number of hydrogen-bond acceptors (Lipinski definition) is 1. The van der Waals surface area contributed by atoms with Crippen LogP contribution in [0.3, 0.4) is 0 Å². The maximum absolute atomic E-state index is 3.33. The monoisotopic (exact) mass is 239 g/mol. The van der Waals surface area contributed by atoms with Gasteiger partial charge in [0.2, 0.25) is 0 Å². The van der Waals surface area contributed by atoms with Crippen LogP contribution in [-0.4, -0.2) is 13.1 Å². The largest absolute Gasteiger partial charge is 0.317 e. The highest BCUT2D eigenvalue weighted by Gasteiger charge is 2.16. The lowest BCUT2D eigenvalue weighted by Crippen LogP contribution is -2.24. The minimum absolute atomic E-state index is 0.467. The zero-order chi connectivity index (χ0) is 12.8. The molecule has 2 aromatic carbocycles. The number of rotatable bonds is 5. The van der Waals surface area contributed by atoms with Gasteiger partial charge in [-0.15, -0.1) is 0 Å². The van der Waals surface area contributed by atoms with Crippen LogP contribution in [0.1, 0.15) is 30.4 Å². The molecular formula is C17H21N. The molecule has 2 rings (SSSR count). The van der Waals surface area contributed by atoms with Crippen LogP contribution >= 0.6 is 0 Å². The highest BCUT2D eigenvalue weighted by Crippen LogP contribution is 2.28. The first-order valence-electron chi connectivity index (χ1n) is 6.58. The van der Waals surface area contributed by atoms with Gasteiger partial charge in [-0.1, -0.05) is 60.7 Å². The Kier molecular flexibility index (Phi) is 4.54. The average molecular weight is 239 g/mol. The van der Waals surface area contributed by atoms with Gasteiger partial charge in [-0.3, -0.25) is 0 Å². The molecule has 0 heterocycles.